The van der Waals surface area contributed by atoms with Crippen LogP contribution >= 0.6 is 15.9 Å². The van der Waals surface area contributed by atoms with Gasteiger partial charge in [-0.05, 0) is 28.4 Å². The highest BCUT2D eigenvalue weighted by molar-refractivity contribution is 9.10. The molecule has 1 unspecified atom stereocenters. The summed E-state index contributed by atoms with van der Waals surface area (Å²) in [6.45, 7) is 1.13. The van der Waals surface area contributed by atoms with Crippen LogP contribution in [-0.4, -0.2) is 39.1 Å². The van der Waals surface area contributed by atoms with Crippen molar-refractivity contribution in [3.8, 4) is 0 Å². The SMILES string of the molecule is O=S1(=O)CCN2c3cc(F)c(Br)cc3NCCC2C1. The molecule has 104 valence electrons. The first-order valence-electron chi connectivity index (χ1n) is 6.16. The van der Waals surface area contributed by atoms with Crippen molar-refractivity contribution in [1.82, 2.24) is 0 Å². The molecule has 4 nitrogen and oxygen atoms in total. The summed E-state index contributed by atoms with van der Waals surface area (Å²) in [5.41, 5.74) is 1.62. The summed E-state index contributed by atoms with van der Waals surface area (Å²) in [5.74, 6) is -0.0264. The fourth-order valence-electron chi connectivity index (χ4n) is 2.73. The summed E-state index contributed by atoms with van der Waals surface area (Å²) in [5, 5.41) is 3.24. The lowest BCUT2D eigenvalue weighted by atomic mass is 10.1. The second-order valence-electron chi connectivity index (χ2n) is 4.96. The van der Waals surface area contributed by atoms with Crippen molar-refractivity contribution >= 4 is 37.1 Å². The van der Waals surface area contributed by atoms with Crippen LogP contribution in [0.2, 0.25) is 0 Å². The number of rotatable bonds is 0. The largest absolute Gasteiger partial charge is 0.383 e. The molecule has 0 radical (unpaired) electrons. The predicted octanol–water partition coefficient (Wildman–Crippen LogP) is 2.01. The molecule has 2 aliphatic heterocycles. The molecule has 0 saturated carbocycles. The van der Waals surface area contributed by atoms with Crippen LogP contribution in [0.25, 0.3) is 0 Å². The first-order chi connectivity index (χ1) is 8.96. The quantitative estimate of drug-likeness (QED) is 0.779. The van der Waals surface area contributed by atoms with Crippen LogP contribution in [0, 0.1) is 5.82 Å². The monoisotopic (exact) mass is 348 g/mol. The van der Waals surface area contributed by atoms with Crippen molar-refractivity contribution in [2.75, 3.05) is 34.8 Å². The molecule has 0 aromatic heterocycles. The van der Waals surface area contributed by atoms with E-state index in [1.54, 1.807) is 6.07 Å². The summed E-state index contributed by atoms with van der Waals surface area (Å²) in [7, 11) is -2.96. The van der Waals surface area contributed by atoms with Gasteiger partial charge >= 0.3 is 0 Å². The molecular formula is C12H14BrFN2O2S. The second-order valence-corrected chi connectivity index (χ2v) is 8.04. The molecule has 0 amide bonds. The fourth-order valence-corrected chi connectivity index (χ4v) is 4.65. The maximum atomic E-state index is 13.7. The average molecular weight is 349 g/mol. The van der Waals surface area contributed by atoms with E-state index in [1.807, 2.05) is 4.90 Å². The van der Waals surface area contributed by atoms with Crippen LogP contribution in [-0.2, 0) is 9.84 Å². The summed E-state index contributed by atoms with van der Waals surface area (Å²) in [6, 6.07) is 3.13. The summed E-state index contributed by atoms with van der Waals surface area (Å²) in [6.07, 6.45) is 0.743. The lowest BCUT2D eigenvalue weighted by molar-refractivity contribution is 0.549. The third kappa shape index (κ3) is 2.45. The van der Waals surface area contributed by atoms with Gasteiger partial charge in [0.2, 0.25) is 0 Å². The number of hydrogen-bond donors (Lipinski definition) is 1. The van der Waals surface area contributed by atoms with Gasteiger partial charge in [-0.15, -0.1) is 0 Å². The Morgan fingerprint density at radius 3 is 3.00 bits per heavy atom. The van der Waals surface area contributed by atoms with Crippen molar-refractivity contribution in [1.29, 1.82) is 0 Å². The average Bonchev–Trinajstić information content (AvgIpc) is 2.48. The smallest absolute Gasteiger partial charge is 0.154 e. The summed E-state index contributed by atoms with van der Waals surface area (Å²) >= 11 is 3.18. The molecule has 1 atom stereocenters. The molecule has 1 fully saturated rings. The van der Waals surface area contributed by atoms with Crippen LogP contribution in [0.4, 0.5) is 15.8 Å². The highest BCUT2D eigenvalue weighted by Crippen LogP contribution is 2.36. The van der Waals surface area contributed by atoms with Crippen LogP contribution < -0.4 is 10.2 Å². The summed E-state index contributed by atoms with van der Waals surface area (Å²) < 4.78 is 37.6. The van der Waals surface area contributed by atoms with Crippen LogP contribution in [0.15, 0.2) is 16.6 Å². The lowest BCUT2D eigenvalue weighted by Crippen LogP contribution is -2.48. The number of benzene rings is 1. The van der Waals surface area contributed by atoms with E-state index in [9.17, 15) is 12.8 Å². The minimum absolute atomic E-state index is 0.0620. The molecule has 0 aliphatic carbocycles. The van der Waals surface area contributed by atoms with E-state index in [0.717, 1.165) is 17.8 Å². The zero-order valence-corrected chi connectivity index (χ0v) is 12.6. The van der Waals surface area contributed by atoms with Crippen molar-refractivity contribution in [2.24, 2.45) is 0 Å². The van der Waals surface area contributed by atoms with Crippen molar-refractivity contribution < 1.29 is 12.8 Å². The van der Waals surface area contributed by atoms with Gasteiger partial charge in [-0.3, -0.25) is 0 Å². The fraction of sp³-hybridized carbons (Fsp3) is 0.500. The first kappa shape index (κ1) is 13.2. The number of nitrogens with one attached hydrogen (secondary N) is 1. The van der Waals surface area contributed by atoms with Crippen LogP contribution in [0.5, 0.6) is 0 Å². The Kier molecular flexibility index (Phi) is 3.21. The Morgan fingerprint density at radius 2 is 2.21 bits per heavy atom. The minimum Gasteiger partial charge on any atom is -0.383 e. The van der Waals surface area contributed by atoms with Gasteiger partial charge in [-0.2, -0.15) is 0 Å². The standard InChI is InChI=1S/C12H14BrFN2O2S/c13-9-5-11-12(6-10(9)14)16-3-4-19(17,18)7-8(16)1-2-15-11/h5-6,8,15H,1-4,7H2. The number of halogens is 2. The Balaban J connectivity index is 2.04. The third-order valence-corrected chi connectivity index (χ3v) is 5.98. The Labute approximate surface area is 120 Å². The molecule has 2 aliphatic rings. The molecule has 1 aromatic carbocycles. The van der Waals surface area contributed by atoms with Gasteiger partial charge in [0, 0.05) is 25.2 Å². The van der Waals surface area contributed by atoms with Gasteiger partial charge in [0.1, 0.15) is 5.82 Å². The molecule has 19 heavy (non-hydrogen) atoms. The molecule has 2 heterocycles. The number of fused-ring (bicyclic) bond motifs is 3. The van der Waals surface area contributed by atoms with Crippen LogP contribution in [0.1, 0.15) is 6.42 Å². The van der Waals surface area contributed by atoms with Gasteiger partial charge in [-0.1, -0.05) is 0 Å². The van der Waals surface area contributed by atoms with Gasteiger partial charge < -0.3 is 10.2 Å². The minimum atomic E-state index is -2.96. The van der Waals surface area contributed by atoms with Crippen molar-refractivity contribution in [3.05, 3.63) is 22.4 Å². The van der Waals surface area contributed by atoms with Gasteiger partial charge in [0.15, 0.2) is 9.84 Å². The summed E-state index contributed by atoms with van der Waals surface area (Å²) in [4.78, 5) is 2.02. The van der Waals surface area contributed by atoms with Crippen LogP contribution in [0.3, 0.4) is 0 Å². The van der Waals surface area contributed by atoms with Crippen molar-refractivity contribution in [3.63, 3.8) is 0 Å². The molecule has 1 saturated heterocycles. The van der Waals surface area contributed by atoms with Gasteiger partial charge in [0.25, 0.3) is 0 Å². The molecular weight excluding hydrogens is 335 g/mol. The van der Waals surface area contributed by atoms with Gasteiger partial charge in [0.05, 0.1) is 27.4 Å². The molecule has 1 N–H and O–H groups in total. The zero-order valence-electron chi connectivity index (χ0n) is 10.2. The number of anilines is 2. The predicted molar refractivity (Wildman–Crippen MR) is 77.0 cm³/mol. The van der Waals surface area contributed by atoms with E-state index in [4.69, 9.17) is 0 Å². The number of sulfone groups is 1. The van der Waals surface area contributed by atoms with E-state index in [1.165, 1.54) is 6.07 Å². The molecule has 3 rings (SSSR count). The lowest BCUT2D eigenvalue weighted by Gasteiger charge is -2.36. The highest BCUT2D eigenvalue weighted by atomic mass is 79.9. The molecule has 1 aromatic rings. The molecule has 0 bridgehead atoms. The topological polar surface area (TPSA) is 49.4 Å². The Hall–Kier alpha value is -0.820. The highest BCUT2D eigenvalue weighted by Gasteiger charge is 2.34. The second kappa shape index (κ2) is 4.63. The van der Waals surface area contributed by atoms with E-state index >= 15 is 0 Å². The maximum Gasteiger partial charge on any atom is 0.154 e. The number of nitrogens with zero attached hydrogens (tertiary/aromatic N) is 1. The zero-order chi connectivity index (χ0) is 13.6. The van der Waals surface area contributed by atoms with Gasteiger partial charge in [-0.25, -0.2) is 12.8 Å². The third-order valence-electron chi connectivity index (χ3n) is 3.67. The maximum absolute atomic E-state index is 13.7. The van der Waals surface area contributed by atoms with E-state index < -0.39 is 9.84 Å². The van der Waals surface area contributed by atoms with E-state index in [2.05, 4.69) is 21.2 Å². The normalized spacial score (nSPS) is 24.9. The Morgan fingerprint density at radius 1 is 1.42 bits per heavy atom. The Bertz CT molecular complexity index is 620. The van der Waals surface area contributed by atoms with E-state index in [0.29, 0.717) is 17.6 Å². The molecule has 7 heteroatoms. The molecule has 0 spiro atoms. The van der Waals surface area contributed by atoms with Crippen molar-refractivity contribution in [2.45, 2.75) is 12.5 Å². The number of hydrogen-bond acceptors (Lipinski definition) is 4. The van der Waals surface area contributed by atoms with E-state index in [-0.39, 0.29) is 23.4 Å². The first-order valence-corrected chi connectivity index (χ1v) is 8.78.